The third-order valence-electron chi connectivity index (χ3n) is 2.78. The molecule has 2 aromatic rings. The highest BCUT2D eigenvalue weighted by Crippen LogP contribution is 2.09. The van der Waals surface area contributed by atoms with Crippen LogP contribution < -0.4 is 5.43 Å². The van der Waals surface area contributed by atoms with Crippen LogP contribution in [0.1, 0.15) is 26.3 Å². The number of amides is 1. The van der Waals surface area contributed by atoms with Crippen molar-refractivity contribution in [1.82, 2.24) is 10.4 Å². The molecule has 0 unspecified atom stereocenters. The molecule has 8 heteroatoms. The lowest BCUT2D eigenvalue weighted by molar-refractivity contribution is 0.0600. The fourth-order valence-electron chi connectivity index (χ4n) is 1.65. The molecule has 0 radical (unpaired) electrons. The Kier molecular flexibility index (Phi) is 5.08. The van der Waals surface area contributed by atoms with E-state index in [0.29, 0.717) is 0 Å². The standard InChI is InChI=1S/C15H11F2N3O3/c1-23-15(22)10-2-3-11(12(16)6-10)8-19-20-14(21)9-4-5-18-13(17)7-9/h2-8H,1H3,(H,20,21)/b19-8+. The lowest BCUT2D eigenvalue weighted by Crippen LogP contribution is -2.18. The molecule has 0 aliphatic heterocycles. The van der Waals surface area contributed by atoms with Crippen LogP contribution in [0.15, 0.2) is 41.6 Å². The van der Waals surface area contributed by atoms with Crippen molar-refractivity contribution in [3.05, 3.63) is 65.0 Å². The van der Waals surface area contributed by atoms with Crippen LogP contribution in [-0.2, 0) is 4.74 Å². The maximum atomic E-state index is 13.8. The minimum Gasteiger partial charge on any atom is -0.465 e. The molecule has 1 N–H and O–H groups in total. The van der Waals surface area contributed by atoms with Crippen LogP contribution in [0, 0.1) is 11.8 Å². The van der Waals surface area contributed by atoms with Crippen LogP contribution in [-0.4, -0.2) is 30.2 Å². The molecule has 0 aliphatic rings. The van der Waals surface area contributed by atoms with Gasteiger partial charge in [-0.05, 0) is 24.3 Å². The van der Waals surface area contributed by atoms with Crippen molar-refractivity contribution in [2.45, 2.75) is 0 Å². The summed E-state index contributed by atoms with van der Waals surface area (Å²) >= 11 is 0. The number of halogens is 2. The average Bonchev–Trinajstić information content (AvgIpc) is 2.55. The fraction of sp³-hybridized carbons (Fsp3) is 0.0667. The third kappa shape index (κ3) is 4.16. The molecular weight excluding hydrogens is 308 g/mol. The van der Waals surface area contributed by atoms with Crippen molar-refractivity contribution >= 4 is 18.1 Å². The van der Waals surface area contributed by atoms with Gasteiger partial charge >= 0.3 is 5.97 Å². The van der Waals surface area contributed by atoms with Crippen molar-refractivity contribution < 1.29 is 23.1 Å². The predicted molar refractivity (Wildman–Crippen MR) is 77.0 cm³/mol. The Labute approximate surface area is 129 Å². The molecule has 0 spiro atoms. The molecule has 118 valence electrons. The quantitative estimate of drug-likeness (QED) is 0.404. The van der Waals surface area contributed by atoms with E-state index in [-0.39, 0.29) is 16.7 Å². The van der Waals surface area contributed by atoms with E-state index in [2.05, 4.69) is 20.2 Å². The van der Waals surface area contributed by atoms with Gasteiger partial charge in [0.15, 0.2) is 0 Å². The van der Waals surface area contributed by atoms with E-state index >= 15 is 0 Å². The first-order chi connectivity index (χ1) is 11.0. The summed E-state index contributed by atoms with van der Waals surface area (Å²) in [5.41, 5.74) is 2.26. The molecule has 0 bridgehead atoms. The topological polar surface area (TPSA) is 80.6 Å². The van der Waals surface area contributed by atoms with Gasteiger partial charge in [0.05, 0.1) is 18.9 Å². The zero-order chi connectivity index (χ0) is 16.8. The zero-order valence-electron chi connectivity index (χ0n) is 11.9. The van der Waals surface area contributed by atoms with Crippen molar-refractivity contribution in [3.8, 4) is 0 Å². The number of carbonyl (C=O) groups is 2. The Hall–Kier alpha value is -3.16. The fourth-order valence-corrected chi connectivity index (χ4v) is 1.65. The maximum absolute atomic E-state index is 13.8. The lowest BCUT2D eigenvalue weighted by Gasteiger charge is -2.02. The van der Waals surface area contributed by atoms with Crippen LogP contribution in [0.3, 0.4) is 0 Å². The molecule has 0 fully saturated rings. The van der Waals surface area contributed by atoms with E-state index in [1.54, 1.807) is 0 Å². The molecule has 1 aromatic carbocycles. The highest BCUT2D eigenvalue weighted by Gasteiger charge is 2.09. The molecule has 0 aliphatic carbocycles. The number of hydrogen-bond donors (Lipinski definition) is 1. The van der Waals surface area contributed by atoms with Crippen molar-refractivity contribution in [2.24, 2.45) is 5.10 Å². The molecule has 1 aromatic heterocycles. The SMILES string of the molecule is COC(=O)c1ccc(/C=N/NC(=O)c2ccnc(F)c2)c(F)c1. The second-order valence-corrected chi connectivity index (χ2v) is 4.29. The minimum atomic E-state index is -0.800. The molecule has 23 heavy (non-hydrogen) atoms. The van der Waals surface area contributed by atoms with Gasteiger partial charge in [-0.25, -0.2) is 19.6 Å². The van der Waals surface area contributed by atoms with Gasteiger partial charge in [0.2, 0.25) is 5.95 Å². The van der Waals surface area contributed by atoms with Gasteiger partial charge in [0.25, 0.3) is 5.91 Å². The number of hydrazone groups is 1. The molecule has 0 saturated carbocycles. The van der Waals surface area contributed by atoms with Crippen LogP contribution in [0.25, 0.3) is 0 Å². The van der Waals surface area contributed by atoms with E-state index in [9.17, 15) is 18.4 Å². The number of rotatable bonds is 4. The molecular formula is C15H11F2N3O3. The summed E-state index contributed by atoms with van der Waals surface area (Å²) in [4.78, 5) is 26.2. The predicted octanol–water partition coefficient (Wildman–Crippen LogP) is 1.91. The van der Waals surface area contributed by atoms with Crippen LogP contribution in [0.2, 0.25) is 0 Å². The highest BCUT2D eigenvalue weighted by molar-refractivity contribution is 5.95. The number of benzene rings is 1. The van der Waals surface area contributed by atoms with Gasteiger partial charge < -0.3 is 4.74 Å². The molecule has 6 nitrogen and oxygen atoms in total. The van der Waals surface area contributed by atoms with Crippen molar-refractivity contribution in [3.63, 3.8) is 0 Å². The monoisotopic (exact) mass is 319 g/mol. The first kappa shape index (κ1) is 16.2. The number of methoxy groups -OCH3 is 1. The Balaban J connectivity index is 2.06. The second-order valence-electron chi connectivity index (χ2n) is 4.29. The maximum Gasteiger partial charge on any atom is 0.337 e. The number of nitrogens with zero attached hydrogens (tertiary/aromatic N) is 2. The molecule has 1 heterocycles. The third-order valence-corrected chi connectivity index (χ3v) is 2.78. The first-order valence-corrected chi connectivity index (χ1v) is 6.34. The van der Waals surface area contributed by atoms with E-state index in [0.717, 1.165) is 24.5 Å². The Morgan fingerprint density at radius 1 is 1.22 bits per heavy atom. The summed E-state index contributed by atoms with van der Waals surface area (Å²) in [6, 6.07) is 5.91. The van der Waals surface area contributed by atoms with Gasteiger partial charge in [-0.1, -0.05) is 0 Å². The normalized spacial score (nSPS) is 10.6. The Morgan fingerprint density at radius 2 is 2.00 bits per heavy atom. The summed E-state index contributed by atoms with van der Waals surface area (Å²) in [5, 5.41) is 3.58. The number of nitrogens with one attached hydrogen (secondary N) is 1. The van der Waals surface area contributed by atoms with Gasteiger partial charge in [0.1, 0.15) is 5.82 Å². The molecule has 2 rings (SSSR count). The lowest BCUT2D eigenvalue weighted by atomic mass is 10.1. The summed E-state index contributed by atoms with van der Waals surface area (Å²) in [5.74, 6) is -2.85. The van der Waals surface area contributed by atoms with Gasteiger partial charge in [-0.3, -0.25) is 4.79 Å². The number of carbonyl (C=O) groups excluding carboxylic acids is 2. The zero-order valence-corrected chi connectivity index (χ0v) is 11.9. The van der Waals surface area contributed by atoms with E-state index in [1.165, 1.54) is 25.3 Å². The number of aromatic nitrogens is 1. The smallest absolute Gasteiger partial charge is 0.337 e. The summed E-state index contributed by atoms with van der Waals surface area (Å²) < 4.78 is 31.1. The number of hydrogen-bond acceptors (Lipinski definition) is 5. The van der Waals surface area contributed by atoms with Gasteiger partial charge in [-0.2, -0.15) is 9.49 Å². The number of pyridine rings is 1. The first-order valence-electron chi connectivity index (χ1n) is 6.34. The molecule has 1 amide bonds. The Morgan fingerprint density at radius 3 is 2.65 bits per heavy atom. The van der Waals surface area contributed by atoms with Crippen LogP contribution in [0.5, 0.6) is 0 Å². The van der Waals surface area contributed by atoms with Crippen LogP contribution >= 0.6 is 0 Å². The minimum absolute atomic E-state index is 0.0242. The van der Waals surface area contributed by atoms with E-state index in [1.807, 2.05) is 0 Å². The number of ether oxygens (including phenoxy) is 1. The molecule has 0 atom stereocenters. The largest absolute Gasteiger partial charge is 0.465 e. The summed E-state index contributed by atoms with van der Waals surface area (Å²) in [7, 11) is 1.19. The van der Waals surface area contributed by atoms with E-state index < -0.39 is 23.6 Å². The van der Waals surface area contributed by atoms with E-state index in [4.69, 9.17) is 0 Å². The Bertz CT molecular complexity index is 778. The summed E-state index contributed by atoms with van der Waals surface area (Å²) in [6.45, 7) is 0. The number of esters is 1. The van der Waals surface area contributed by atoms with Crippen LogP contribution in [0.4, 0.5) is 8.78 Å². The average molecular weight is 319 g/mol. The second kappa shape index (κ2) is 7.21. The molecule has 0 saturated heterocycles. The van der Waals surface area contributed by atoms with Crippen molar-refractivity contribution in [2.75, 3.05) is 7.11 Å². The van der Waals surface area contributed by atoms with Gasteiger partial charge in [-0.15, -0.1) is 0 Å². The summed E-state index contributed by atoms with van der Waals surface area (Å²) in [6.07, 6.45) is 2.20. The highest BCUT2D eigenvalue weighted by atomic mass is 19.1. The van der Waals surface area contributed by atoms with Gasteiger partial charge in [0, 0.05) is 23.4 Å². The van der Waals surface area contributed by atoms with Crippen molar-refractivity contribution in [1.29, 1.82) is 0 Å².